The molecule has 0 aromatic heterocycles. The quantitative estimate of drug-likeness (QED) is 0.582. The molecular weight excluding hydrogens is 155 g/mol. The standard InChI is InChI=1S/C9H17FN2/c1-8(2)11-4-6-12(7-5-11)9(3)10/h8H,3-7H2,1-2H3. The Labute approximate surface area is 73.6 Å². The van der Waals surface area contributed by atoms with E-state index in [2.05, 4.69) is 25.3 Å². The first-order chi connectivity index (χ1) is 5.61. The molecule has 2 nitrogen and oxygen atoms in total. The van der Waals surface area contributed by atoms with Gasteiger partial charge < -0.3 is 4.90 Å². The second-order valence-electron chi connectivity index (χ2n) is 3.49. The Bertz CT molecular complexity index is 160. The van der Waals surface area contributed by atoms with Gasteiger partial charge in [0.1, 0.15) is 0 Å². The van der Waals surface area contributed by atoms with Crippen molar-refractivity contribution in [2.45, 2.75) is 19.9 Å². The van der Waals surface area contributed by atoms with Gasteiger partial charge >= 0.3 is 0 Å². The summed E-state index contributed by atoms with van der Waals surface area (Å²) in [4.78, 5) is 4.04. The summed E-state index contributed by atoms with van der Waals surface area (Å²) in [6.45, 7) is 11.1. The number of hydrogen-bond donors (Lipinski definition) is 0. The van der Waals surface area contributed by atoms with Crippen LogP contribution < -0.4 is 0 Å². The SMILES string of the molecule is C=C(F)N1CCN(C(C)C)CC1. The molecule has 1 aliphatic rings. The maximum atomic E-state index is 12.6. The fourth-order valence-electron chi connectivity index (χ4n) is 1.48. The van der Waals surface area contributed by atoms with Crippen LogP contribution in [-0.2, 0) is 0 Å². The van der Waals surface area contributed by atoms with Crippen molar-refractivity contribution in [1.29, 1.82) is 0 Å². The summed E-state index contributed by atoms with van der Waals surface area (Å²) in [6.07, 6.45) is 0. The van der Waals surface area contributed by atoms with E-state index < -0.39 is 0 Å². The van der Waals surface area contributed by atoms with Crippen LogP contribution in [0.1, 0.15) is 13.8 Å². The first-order valence-corrected chi connectivity index (χ1v) is 4.44. The summed E-state index contributed by atoms with van der Waals surface area (Å²) < 4.78 is 12.6. The third kappa shape index (κ3) is 2.21. The molecular formula is C9H17FN2. The van der Waals surface area contributed by atoms with Gasteiger partial charge in [-0.25, -0.2) is 0 Å². The number of nitrogens with zero attached hydrogens (tertiary/aromatic N) is 2. The Balaban J connectivity index is 2.34. The lowest BCUT2D eigenvalue weighted by molar-refractivity contribution is 0.113. The van der Waals surface area contributed by atoms with Gasteiger partial charge in [0.25, 0.3) is 0 Å². The first-order valence-electron chi connectivity index (χ1n) is 4.44. The normalized spacial score (nSPS) is 20.2. The van der Waals surface area contributed by atoms with E-state index in [1.165, 1.54) is 0 Å². The fourth-order valence-corrected chi connectivity index (χ4v) is 1.48. The maximum Gasteiger partial charge on any atom is 0.182 e. The molecule has 0 aromatic rings. The third-order valence-electron chi connectivity index (χ3n) is 2.39. The van der Waals surface area contributed by atoms with Crippen molar-refractivity contribution < 1.29 is 4.39 Å². The van der Waals surface area contributed by atoms with Crippen molar-refractivity contribution in [2.24, 2.45) is 0 Å². The summed E-state index contributed by atoms with van der Waals surface area (Å²) in [7, 11) is 0. The molecule has 0 radical (unpaired) electrons. The maximum absolute atomic E-state index is 12.6. The van der Waals surface area contributed by atoms with Crippen LogP contribution in [0.3, 0.4) is 0 Å². The molecule has 1 heterocycles. The summed E-state index contributed by atoms with van der Waals surface area (Å²) in [6, 6.07) is 0.569. The lowest BCUT2D eigenvalue weighted by Crippen LogP contribution is -2.47. The van der Waals surface area contributed by atoms with Gasteiger partial charge in [-0.3, -0.25) is 4.90 Å². The summed E-state index contributed by atoms with van der Waals surface area (Å²) in [5, 5.41) is 0. The monoisotopic (exact) mass is 172 g/mol. The van der Waals surface area contributed by atoms with Crippen molar-refractivity contribution in [3.63, 3.8) is 0 Å². The molecule has 1 fully saturated rings. The highest BCUT2D eigenvalue weighted by Crippen LogP contribution is 2.10. The highest BCUT2D eigenvalue weighted by molar-refractivity contribution is 4.86. The van der Waals surface area contributed by atoms with Gasteiger partial charge in [-0.15, -0.1) is 0 Å². The van der Waals surface area contributed by atoms with E-state index in [1.54, 1.807) is 4.90 Å². The second-order valence-corrected chi connectivity index (χ2v) is 3.49. The molecule has 3 heteroatoms. The molecule has 0 aliphatic carbocycles. The Morgan fingerprint density at radius 1 is 1.25 bits per heavy atom. The van der Waals surface area contributed by atoms with E-state index >= 15 is 0 Å². The Morgan fingerprint density at radius 2 is 1.75 bits per heavy atom. The smallest absolute Gasteiger partial charge is 0.182 e. The van der Waals surface area contributed by atoms with E-state index in [0.717, 1.165) is 26.2 Å². The van der Waals surface area contributed by atoms with E-state index in [0.29, 0.717) is 6.04 Å². The molecule has 1 saturated heterocycles. The van der Waals surface area contributed by atoms with Gasteiger partial charge in [-0.1, -0.05) is 0 Å². The van der Waals surface area contributed by atoms with Crippen LogP contribution in [0.4, 0.5) is 4.39 Å². The van der Waals surface area contributed by atoms with Crippen molar-refractivity contribution in [3.8, 4) is 0 Å². The van der Waals surface area contributed by atoms with Crippen LogP contribution in [-0.4, -0.2) is 42.0 Å². The highest BCUT2D eigenvalue weighted by atomic mass is 19.1. The highest BCUT2D eigenvalue weighted by Gasteiger charge is 2.18. The molecule has 12 heavy (non-hydrogen) atoms. The van der Waals surface area contributed by atoms with Gasteiger partial charge in [0.15, 0.2) is 5.95 Å². The van der Waals surface area contributed by atoms with Gasteiger partial charge in [0.2, 0.25) is 0 Å². The molecule has 0 aromatic carbocycles. The van der Waals surface area contributed by atoms with Crippen LogP contribution in [0.2, 0.25) is 0 Å². The largest absolute Gasteiger partial charge is 0.346 e. The lowest BCUT2D eigenvalue weighted by atomic mass is 10.2. The fraction of sp³-hybridized carbons (Fsp3) is 0.778. The van der Waals surface area contributed by atoms with Crippen LogP contribution in [0.5, 0.6) is 0 Å². The predicted octanol–water partition coefficient (Wildman–Crippen LogP) is 1.45. The summed E-state index contributed by atoms with van der Waals surface area (Å²) in [5.74, 6) is -0.293. The molecule has 0 bridgehead atoms. The van der Waals surface area contributed by atoms with Crippen molar-refractivity contribution in [3.05, 3.63) is 12.5 Å². The Morgan fingerprint density at radius 3 is 2.08 bits per heavy atom. The molecule has 0 atom stereocenters. The average Bonchev–Trinajstić information content (AvgIpc) is 2.04. The Hall–Kier alpha value is -0.570. The summed E-state index contributed by atoms with van der Waals surface area (Å²) in [5.41, 5.74) is 0. The molecule has 1 aliphatic heterocycles. The predicted molar refractivity (Wildman–Crippen MR) is 48.5 cm³/mol. The van der Waals surface area contributed by atoms with Crippen LogP contribution >= 0.6 is 0 Å². The molecule has 0 N–H and O–H groups in total. The van der Waals surface area contributed by atoms with Crippen LogP contribution in [0, 0.1) is 0 Å². The van der Waals surface area contributed by atoms with Gasteiger partial charge in [-0.2, -0.15) is 4.39 Å². The number of halogens is 1. The number of hydrogen-bond acceptors (Lipinski definition) is 2. The van der Waals surface area contributed by atoms with Crippen molar-refractivity contribution in [1.82, 2.24) is 9.80 Å². The summed E-state index contributed by atoms with van der Waals surface area (Å²) >= 11 is 0. The minimum atomic E-state index is -0.293. The van der Waals surface area contributed by atoms with Crippen molar-refractivity contribution in [2.75, 3.05) is 26.2 Å². The zero-order valence-corrected chi connectivity index (χ0v) is 7.89. The number of rotatable bonds is 2. The molecule has 70 valence electrons. The third-order valence-corrected chi connectivity index (χ3v) is 2.39. The zero-order chi connectivity index (χ0) is 9.14. The lowest BCUT2D eigenvalue weighted by Gasteiger charge is -2.36. The van der Waals surface area contributed by atoms with Crippen molar-refractivity contribution >= 4 is 0 Å². The minimum Gasteiger partial charge on any atom is -0.346 e. The van der Waals surface area contributed by atoms with Gasteiger partial charge in [-0.05, 0) is 20.4 Å². The first kappa shape index (κ1) is 9.52. The van der Waals surface area contributed by atoms with E-state index in [-0.39, 0.29) is 5.95 Å². The molecule has 0 amide bonds. The van der Waals surface area contributed by atoms with Gasteiger partial charge in [0.05, 0.1) is 0 Å². The molecule has 0 saturated carbocycles. The zero-order valence-electron chi connectivity index (χ0n) is 7.89. The van der Waals surface area contributed by atoms with E-state index in [1.807, 2.05) is 0 Å². The minimum absolute atomic E-state index is 0.293. The van der Waals surface area contributed by atoms with Gasteiger partial charge in [0, 0.05) is 32.2 Å². The van der Waals surface area contributed by atoms with Crippen LogP contribution in [0.25, 0.3) is 0 Å². The number of piperazine rings is 1. The van der Waals surface area contributed by atoms with Crippen LogP contribution in [0.15, 0.2) is 12.5 Å². The Kier molecular flexibility index (Phi) is 3.09. The second kappa shape index (κ2) is 3.90. The molecule has 1 rings (SSSR count). The molecule has 0 unspecified atom stereocenters. The average molecular weight is 172 g/mol. The molecule has 0 spiro atoms. The topological polar surface area (TPSA) is 6.48 Å². The van der Waals surface area contributed by atoms with E-state index in [4.69, 9.17) is 0 Å². The van der Waals surface area contributed by atoms with E-state index in [9.17, 15) is 4.39 Å².